The normalized spacial score (nSPS) is 27.1. The van der Waals surface area contributed by atoms with E-state index in [1.165, 1.54) is 12.8 Å². The van der Waals surface area contributed by atoms with E-state index in [0.29, 0.717) is 26.1 Å². The molecule has 2 aliphatic carbocycles. The first-order valence-corrected chi connectivity index (χ1v) is 12.5. The fraction of sp³-hybridized carbons (Fsp3) is 0.640. The van der Waals surface area contributed by atoms with Gasteiger partial charge in [0.2, 0.25) is 0 Å². The predicted molar refractivity (Wildman–Crippen MR) is 129 cm³/mol. The lowest BCUT2D eigenvalue weighted by molar-refractivity contribution is -0.166. The summed E-state index contributed by atoms with van der Waals surface area (Å²) < 4.78 is 18.8. The van der Waals surface area contributed by atoms with Crippen LogP contribution < -0.4 is 9.47 Å². The standard InChI is InChI=1S/C25H35IO4/c1-5-17-12-21(26)24(22(13-17)28-8-4)29-11-9-10-23(27)30-25(7-3)15-18(6-2)20-14-19(20)16-25/h5,12-13,18-20H,1,6-11,14-16H2,2-4H3. The molecule has 5 heteroatoms. The maximum Gasteiger partial charge on any atom is 0.306 e. The average molecular weight is 526 g/mol. The molecule has 2 aliphatic rings. The van der Waals surface area contributed by atoms with Crippen LogP contribution >= 0.6 is 22.6 Å². The van der Waals surface area contributed by atoms with E-state index >= 15 is 0 Å². The highest BCUT2D eigenvalue weighted by molar-refractivity contribution is 14.1. The van der Waals surface area contributed by atoms with Crippen LogP contribution in [-0.4, -0.2) is 24.8 Å². The van der Waals surface area contributed by atoms with Gasteiger partial charge in [-0.1, -0.05) is 32.9 Å². The van der Waals surface area contributed by atoms with Crippen LogP contribution in [0.5, 0.6) is 11.5 Å². The summed E-state index contributed by atoms with van der Waals surface area (Å²) in [7, 11) is 0. The van der Waals surface area contributed by atoms with Crippen LogP contribution in [0.3, 0.4) is 0 Å². The Labute approximate surface area is 194 Å². The van der Waals surface area contributed by atoms with Crippen molar-refractivity contribution in [3.63, 3.8) is 0 Å². The summed E-state index contributed by atoms with van der Waals surface area (Å²) in [5.74, 6) is 3.75. The van der Waals surface area contributed by atoms with Crippen LogP contribution in [-0.2, 0) is 9.53 Å². The topological polar surface area (TPSA) is 44.8 Å². The van der Waals surface area contributed by atoms with Crippen molar-refractivity contribution in [1.82, 2.24) is 0 Å². The maximum atomic E-state index is 12.6. The van der Waals surface area contributed by atoms with E-state index in [-0.39, 0.29) is 11.6 Å². The van der Waals surface area contributed by atoms with Gasteiger partial charge < -0.3 is 14.2 Å². The Morgan fingerprint density at radius 1 is 1.27 bits per heavy atom. The number of hydrogen-bond acceptors (Lipinski definition) is 4. The zero-order valence-electron chi connectivity index (χ0n) is 18.5. The molecule has 0 radical (unpaired) electrons. The SMILES string of the molecule is C=Cc1cc(I)c(OCCCC(=O)OC2(CC)CC(CC)C3CC3C2)c(OCC)c1. The third-order valence-electron chi connectivity index (χ3n) is 6.69. The Kier molecular flexibility index (Phi) is 8.11. The van der Waals surface area contributed by atoms with Crippen LogP contribution in [0.15, 0.2) is 18.7 Å². The summed E-state index contributed by atoms with van der Waals surface area (Å²) in [6, 6.07) is 3.95. The summed E-state index contributed by atoms with van der Waals surface area (Å²) in [4.78, 5) is 12.6. The molecule has 0 heterocycles. The highest BCUT2D eigenvalue weighted by Crippen LogP contribution is 2.58. The number of halogens is 1. The summed E-state index contributed by atoms with van der Waals surface area (Å²) in [6.45, 7) is 11.2. The largest absolute Gasteiger partial charge is 0.490 e. The van der Waals surface area contributed by atoms with Crippen molar-refractivity contribution in [2.24, 2.45) is 17.8 Å². The van der Waals surface area contributed by atoms with Crippen molar-refractivity contribution in [3.8, 4) is 11.5 Å². The van der Waals surface area contributed by atoms with Gasteiger partial charge in [0, 0.05) is 6.42 Å². The molecule has 2 fully saturated rings. The molecule has 4 atom stereocenters. The molecule has 0 saturated heterocycles. The van der Waals surface area contributed by atoms with Gasteiger partial charge in [-0.2, -0.15) is 0 Å². The number of carbonyl (C=O) groups is 1. The summed E-state index contributed by atoms with van der Waals surface area (Å²) >= 11 is 2.25. The molecule has 4 nitrogen and oxygen atoms in total. The summed E-state index contributed by atoms with van der Waals surface area (Å²) in [5, 5.41) is 0. The van der Waals surface area contributed by atoms with Gasteiger partial charge in [0.25, 0.3) is 0 Å². The molecular weight excluding hydrogens is 491 g/mol. The third-order valence-corrected chi connectivity index (χ3v) is 7.49. The van der Waals surface area contributed by atoms with Gasteiger partial charge in [-0.3, -0.25) is 4.79 Å². The summed E-state index contributed by atoms with van der Waals surface area (Å²) in [5.41, 5.74) is 0.758. The Bertz CT molecular complexity index is 762. The number of hydrogen-bond donors (Lipinski definition) is 0. The van der Waals surface area contributed by atoms with Crippen molar-refractivity contribution < 1.29 is 19.0 Å². The van der Waals surface area contributed by atoms with E-state index in [9.17, 15) is 4.79 Å². The molecule has 166 valence electrons. The van der Waals surface area contributed by atoms with Gasteiger partial charge in [-0.05, 0) is 97.1 Å². The molecule has 0 bridgehead atoms. The highest BCUT2D eigenvalue weighted by atomic mass is 127. The lowest BCUT2D eigenvalue weighted by Crippen LogP contribution is -2.40. The quantitative estimate of drug-likeness (QED) is 0.184. The van der Waals surface area contributed by atoms with Crippen molar-refractivity contribution in [2.75, 3.05) is 13.2 Å². The Hall–Kier alpha value is -1.24. The van der Waals surface area contributed by atoms with Gasteiger partial charge >= 0.3 is 5.97 Å². The lowest BCUT2D eigenvalue weighted by atomic mass is 9.75. The van der Waals surface area contributed by atoms with Crippen molar-refractivity contribution in [2.45, 2.75) is 71.3 Å². The molecule has 4 unspecified atom stereocenters. The van der Waals surface area contributed by atoms with Gasteiger partial charge in [-0.15, -0.1) is 0 Å². The smallest absolute Gasteiger partial charge is 0.306 e. The minimum atomic E-state index is -0.242. The number of benzene rings is 1. The van der Waals surface area contributed by atoms with Gasteiger partial charge in [0.1, 0.15) is 5.60 Å². The monoisotopic (exact) mass is 526 g/mol. The second-order valence-electron chi connectivity index (χ2n) is 8.67. The fourth-order valence-electron chi connectivity index (χ4n) is 4.96. The molecule has 3 rings (SSSR count). The van der Waals surface area contributed by atoms with E-state index in [2.05, 4.69) is 43.0 Å². The lowest BCUT2D eigenvalue weighted by Gasteiger charge is -2.39. The van der Waals surface area contributed by atoms with E-state index in [0.717, 1.165) is 57.6 Å². The number of rotatable bonds is 11. The molecule has 1 aromatic rings. The van der Waals surface area contributed by atoms with Crippen LogP contribution in [0.1, 0.15) is 71.3 Å². The second-order valence-corrected chi connectivity index (χ2v) is 9.83. The first kappa shape index (κ1) is 23.4. The number of carbonyl (C=O) groups excluding carboxylic acids is 1. The average Bonchev–Trinajstić information content (AvgIpc) is 3.51. The minimum absolute atomic E-state index is 0.0869. The Balaban J connectivity index is 1.51. The molecule has 1 aromatic carbocycles. The van der Waals surface area contributed by atoms with Gasteiger partial charge in [0.15, 0.2) is 11.5 Å². The Morgan fingerprint density at radius 2 is 2.07 bits per heavy atom. The third kappa shape index (κ3) is 5.51. The number of fused-ring (bicyclic) bond motifs is 1. The molecule has 0 aliphatic heterocycles. The summed E-state index contributed by atoms with van der Waals surface area (Å²) in [6.07, 6.45) is 8.35. The Morgan fingerprint density at radius 3 is 2.73 bits per heavy atom. The fourth-order valence-corrected chi connectivity index (χ4v) is 5.74. The number of ether oxygens (including phenoxy) is 3. The zero-order valence-corrected chi connectivity index (χ0v) is 20.7. The highest BCUT2D eigenvalue weighted by Gasteiger charge is 2.54. The first-order valence-electron chi connectivity index (χ1n) is 11.4. The van der Waals surface area contributed by atoms with E-state index in [1.54, 1.807) is 6.08 Å². The van der Waals surface area contributed by atoms with Crippen LogP contribution in [0, 0.1) is 21.3 Å². The molecule has 2 saturated carbocycles. The molecule has 0 N–H and O–H groups in total. The molecule has 0 amide bonds. The molecule has 30 heavy (non-hydrogen) atoms. The van der Waals surface area contributed by atoms with E-state index in [1.807, 2.05) is 19.1 Å². The maximum absolute atomic E-state index is 12.6. The van der Waals surface area contributed by atoms with E-state index in [4.69, 9.17) is 14.2 Å². The van der Waals surface area contributed by atoms with E-state index < -0.39 is 0 Å². The van der Waals surface area contributed by atoms with Gasteiger partial charge in [0.05, 0.1) is 16.8 Å². The second kappa shape index (κ2) is 10.4. The van der Waals surface area contributed by atoms with Crippen molar-refractivity contribution >= 4 is 34.6 Å². The first-order chi connectivity index (χ1) is 14.4. The van der Waals surface area contributed by atoms with Crippen LogP contribution in [0.2, 0.25) is 0 Å². The zero-order chi connectivity index (χ0) is 21.7. The number of esters is 1. The molecule has 0 spiro atoms. The van der Waals surface area contributed by atoms with Crippen LogP contribution in [0.25, 0.3) is 6.08 Å². The minimum Gasteiger partial charge on any atom is -0.490 e. The van der Waals surface area contributed by atoms with Crippen molar-refractivity contribution in [3.05, 3.63) is 27.8 Å². The van der Waals surface area contributed by atoms with Crippen LogP contribution in [0.4, 0.5) is 0 Å². The predicted octanol–water partition coefficient (Wildman–Crippen LogP) is 6.64. The van der Waals surface area contributed by atoms with Crippen molar-refractivity contribution in [1.29, 1.82) is 0 Å². The molecular formula is C25H35IO4. The molecule has 0 aromatic heterocycles. The van der Waals surface area contributed by atoms with Gasteiger partial charge in [-0.25, -0.2) is 0 Å².